The summed E-state index contributed by atoms with van der Waals surface area (Å²) >= 11 is 0. The normalized spacial score (nSPS) is 14.4. The van der Waals surface area contributed by atoms with Gasteiger partial charge in [0.2, 0.25) is 10.0 Å². The first-order valence-corrected chi connectivity index (χ1v) is 9.49. The van der Waals surface area contributed by atoms with E-state index in [-0.39, 0.29) is 23.9 Å². The fourth-order valence-corrected chi connectivity index (χ4v) is 3.79. The molecular formula is C12H19FN2O4S2. The third-order valence-electron chi connectivity index (χ3n) is 2.99. The van der Waals surface area contributed by atoms with Crippen LogP contribution in [0.3, 0.4) is 0 Å². The number of hydrogen-bond donors (Lipinski definition) is 1. The average molecular weight is 338 g/mol. The van der Waals surface area contributed by atoms with Gasteiger partial charge in [0, 0.05) is 19.8 Å². The molecule has 2 N–H and O–H groups in total. The molecule has 0 aliphatic carbocycles. The van der Waals surface area contributed by atoms with E-state index in [1.807, 2.05) is 0 Å². The summed E-state index contributed by atoms with van der Waals surface area (Å²) in [6.07, 6.45) is 0.927. The highest BCUT2D eigenvalue weighted by Crippen LogP contribution is 2.22. The standard InChI is InChI=1S/C12H19FN2O4S2/c1-9(7-14)8-15(2)21(18,19)12-6-10(20(3,16)17)4-5-11(12)13/h4-6,9H,7-8,14H2,1-3H3. The van der Waals surface area contributed by atoms with Crippen molar-refractivity contribution in [1.82, 2.24) is 4.31 Å². The maximum atomic E-state index is 13.8. The molecule has 0 aliphatic heterocycles. The lowest BCUT2D eigenvalue weighted by molar-refractivity contribution is 0.402. The van der Waals surface area contributed by atoms with Gasteiger partial charge in [-0.1, -0.05) is 6.92 Å². The predicted octanol–water partition coefficient (Wildman–Crippen LogP) is 0.445. The molecule has 120 valence electrons. The molecule has 1 aromatic rings. The summed E-state index contributed by atoms with van der Waals surface area (Å²) in [6, 6.07) is 2.71. The molecule has 21 heavy (non-hydrogen) atoms. The minimum Gasteiger partial charge on any atom is -0.330 e. The number of rotatable bonds is 6. The third kappa shape index (κ3) is 4.22. The van der Waals surface area contributed by atoms with Crippen LogP contribution < -0.4 is 5.73 Å². The Morgan fingerprint density at radius 1 is 1.29 bits per heavy atom. The van der Waals surface area contributed by atoms with Gasteiger partial charge in [-0.15, -0.1) is 0 Å². The van der Waals surface area contributed by atoms with Crippen LogP contribution in [0.15, 0.2) is 28.0 Å². The van der Waals surface area contributed by atoms with E-state index in [1.165, 1.54) is 7.05 Å². The second-order valence-corrected chi connectivity index (χ2v) is 9.02. The first-order valence-electron chi connectivity index (χ1n) is 6.16. The van der Waals surface area contributed by atoms with Crippen molar-refractivity contribution >= 4 is 19.9 Å². The molecule has 0 heterocycles. The van der Waals surface area contributed by atoms with E-state index in [1.54, 1.807) is 6.92 Å². The molecular weight excluding hydrogens is 319 g/mol. The number of sulfonamides is 1. The Morgan fingerprint density at radius 2 is 1.86 bits per heavy atom. The van der Waals surface area contributed by atoms with Crippen molar-refractivity contribution < 1.29 is 21.2 Å². The van der Waals surface area contributed by atoms with Crippen LogP contribution in [0, 0.1) is 11.7 Å². The van der Waals surface area contributed by atoms with Crippen molar-refractivity contribution in [2.45, 2.75) is 16.7 Å². The van der Waals surface area contributed by atoms with Crippen molar-refractivity contribution in [1.29, 1.82) is 0 Å². The van der Waals surface area contributed by atoms with Gasteiger partial charge in [0.05, 0.1) is 4.90 Å². The van der Waals surface area contributed by atoms with Crippen molar-refractivity contribution in [3.63, 3.8) is 0 Å². The average Bonchev–Trinajstić information content (AvgIpc) is 2.37. The number of hydrogen-bond acceptors (Lipinski definition) is 5. The first-order chi connectivity index (χ1) is 9.50. The Morgan fingerprint density at radius 3 is 2.33 bits per heavy atom. The molecule has 0 aliphatic rings. The first kappa shape index (κ1) is 18.0. The van der Waals surface area contributed by atoms with E-state index < -0.39 is 30.6 Å². The predicted molar refractivity (Wildman–Crippen MR) is 77.5 cm³/mol. The van der Waals surface area contributed by atoms with Crippen LogP contribution in [0.2, 0.25) is 0 Å². The molecule has 0 saturated carbocycles. The number of nitrogens with zero attached hydrogens (tertiary/aromatic N) is 1. The maximum absolute atomic E-state index is 13.8. The van der Waals surface area contributed by atoms with E-state index in [4.69, 9.17) is 5.73 Å². The number of benzene rings is 1. The quantitative estimate of drug-likeness (QED) is 0.759. The van der Waals surface area contributed by atoms with Crippen molar-refractivity contribution in [2.24, 2.45) is 11.7 Å². The lowest BCUT2D eigenvalue weighted by atomic mass is 10.2. The third-order valence-corrected chi connectivity index (χ3v) is 5.94. The second-order valence-electron chi connectivity index (χ2n) is 4.99. The summed E-state index contributed by atoms with van der Waals surface area (Å²) in [4.78, 5) is -0.903. The monoisotopic (exact) mass is 338 g/mol. The zero-order valence-corrected chi connectivity index (χ0v) is 13.7. The molecule has 1 rings (SSSR count). The van der Waals surface area contributed by atoms with Crippen LogP contribution in [0.1, 0.15) is 6.92 Å². The van der Waals surface area contributed by atoms with E-state index in [0.29, 0.717) is 0 Å². The SMILES string of the molecule is CC(CN)CN(C)S(=O)(=O)c1cc(S(C)(=O)=O)ccc1F. The highest BCUT2D eigenvalue weighted by Gasteiger charge is 2.27. The molecule has 0 fully saturated rings. The van der Waals surface area contributed by atoms with Crippen LogP contribution >= 0.6 is 0 Å². The van der Waals surface area contributed by atoms with Crippen LogP contribution in [0.5, 0.6) is 0 Å². The van der Waals surface area contributed by atoms with Gasteiger partial charge in [-0.3, -0.25) is 0 Å². The Bertz CT molecular complexity index is 717. The number of sulfone groups is 1. The van der Waals surface area contributed by atoms with Gasteiger partial charge in [0.15, 0.2) is 9.84 Å². The van der Waals surface area contributed by atoms with Crippen LogP contribution in [0.25, 0.3) is 0 Å². The molecule has 0 amide bonds. The fraction of sp³-hybridized carbons (Fsp3) is 0.500. The van der Waals surface area contributed by atoms with Crippen molar-refractivity contribution in [3.05, 3.63) is 24.0 Å². The van der Waals surface area contributed by atoms with Gasteiger partial charge in [-0.25, -0.2) is 25.5 Å². The van der Waals surface area contributed by atoms with Gasteiger partial charge in [0.1, 0.15) is 10.7 Å². The fourth-order valence-electron chi connectivity index (χ4n) is 1.69. The molecule has 0 spiro atoms. The largest absolute Gasteiger partial charge is 0.330 e. The van der Waals surface area contributed by atoms with Crippen molar-refractivity contribution in [2.75, 3.05) is 26.4 Å². The van der Waals surface area contributed by atoms with E-state index in [0.717, 1.165) is 28.8 Å². The Labute approximate surface area is 124 Å². The zero-order valence-electron chi connectivity index (χ0n) is 12.1. The molecule has 9 heteroatoms. The van der Waals surface area contributed by atoms with E-state index in [9.17, 15) is 21.2 Å². The number of halogens is 1. The molecule has 0 saturated heterocycles. The molecule has 6 nitrogen and oxygen atoms in total. The Balaban J connectivity index is 3.31. The molecule has 0 bridgehead atoms. The summed E-state index contributed by atoms with van der Waals surface area (Å²) in [5.74, 6) is -1.10. The lowest BCUT2D eigenvalue weighted by Gasteiger charge is -2.21. The van der Waals surface area contributed by atoms with E-state index in [2.05, 4.69) is 0 Å². The summed E-state index contributed by atoms with van der Waals surface area (Å²) < 4.78 is 62.4. The maximum Gasteiger partial charge on any atom is 0.245 e. The minimum atomic E-state index is -4.12. The summed E-state index contributed by atoms with van der Waals surface area (Å²) in [5, 5.41) is 0. The van der Waals surface area contributed by atoms with Gasteiger partial charge < -0.3 is 5.73 Å². The molecule has 1 atom stereocenters. The van der Waals surface area contributed by atoms with Gasteiger partial charge in [-0.05, 0) is 30.7 Å². The van der Waals surface area contributed by atoms with Gasteiger partial charge in [-0.2, -0.15) is 0 Å². The number of nitrogens with two attached hydrogens (primary N) is 1. The molecule has 1 unspecified atom stereocenters. The van der Waals surface area contributed by atoms with Crippen molar-refractivity contribution in [3.8, 4) is 0 Å². The topological polar surface area (TPSA) is 97.5 Å². The molecule has 0 aromatic heterocycles. The molecule has 1 aromatic carbocycles. The van der Waals surface area contributed by atoms with E-state index >= 15 is 0 Å². The highest BCUT2D eigenvalue weighted by atomic mass is 32.2. The minimum absolute atomic E-state index is 0.106. The Hall–Kier alpha value is -1.03. The van der Waals surface area contributed by atoms with Crippen LogP contribution in [0.4, 0.5) is 4.39 Å². The van der Waals surface area contributed by atoms with Gasteiger partial charge >= 0.3 is 0 Å². The second kappa shape index (κ2) is 6.39. The molecule has 0 radical (unpaired) electrons. The lowest BCUT2D eigenvalue weighted by Crippen LogP contribution is -2.34. The zero-order chi connectivity index (χ0) is 16.4. The van der Waals surface area contributed by atoms with Gasteiger partial charge in [0.25, 0.3) is 0 Å². The summed E-state index contributed by atoms with van der Waals surface area (Å²) in [5.41, 5.74) is 5.44. The highest BCUT2D eigenvalue weighted by molar-refractivity contribution is 7.91. The summed E-state index contributed by atoms with van der Waals surface area (Å²) in [6.45, 7) is 2.16. The van der Waals surface area contributed by atoms with Crippen LogP contribution in [-0.2, 0) is 19.9 Å². The smallest absolute Gasteiger partial charge is 0.245 e. The Kier molecular flexibility index (Phi) is 5.48. The van der Waals surface area contributed by atoms with Crippen LogP contribution in [-0.4, -0.2) is 47.5 Å². The summed E-state index contributed by atoms with van der Waals surface area (Å²) in [7, 11) is -6.45.